The van der Waals surface area contributed by atoms with Gasteiger partial charge in [0.1, 0.15) is 22.8 Å². The molecule has 2 aromatic heterocycles. The number of aromatic nitrogens is 1. The number of amides is 1. The number of piperazine rings is 1. The molecular formula is C22H24N4O5S. The number of nitrogens with zero attached hydrogens (tertiary/aromatic N) is 3. The smallest absolute Gasteiger partial charge is 0.348 e. The largest absolute Gasteiger partial charge is 0.507 e. The van der Waals surface area contributed by atoms with E-state index in [1.54, 1.807) is 14.0 Å². The number of para-hydroxylation sites is 2. The number of anilines is 2. The normalized spacial score (nSPS) is 14.4. The zero-order valence-corrected chi connectivity index (χ0v) is 18.6. The van der Waals surface area contributed by atoms with Crippen LogP contribution >= 0.6 is 11.3 Å². The molecule has 32 heavy (non-hydrogen) atoms. The number of rotatable bonds is 6. The van der Waals surface area contributed by atoms with Crippen LogP contribution in [0.25, 0.3) is 10.4 Å². The number of aromatic hydroxyl groups is 1. The van der Waals surface area contributed by atoms with Crippen LogP contribution < -0.4 is 20.6 Å². The summed E-state index contributed by atoms with van der Waals surface area (Å²) in [4.78, 5) is 33.5. The van der Waals surface area contributed by atoms with Gasteiger partial charge in [-0.15, -0.1) is 0 Å². The van der Waals surface area contributed by atoms with Crippen molar-refractivity contribution in [2.24, 2.45) is 0 Å². The predicted molar refractivity (Wildman–Crippen MR) is 123 cm³/mol. The van der Waals surface area contributed by atoms with E-state index in [0.29, 0.717) is 15.8 Å². The first-order valence-corrected chi connectivity index (χ1v) is 11.0. The number of hydrogen-bond acceptors (Lipinski definition) is 9. The second-order valence-corrected chi connectivity index (χ2v) is 8.45. The molecule has 0 aliphatic carbocycles. The molecular weight excluding hydrogens is 432 g/mol. The van der Waals surface area contributed by atoms with Crippen molar-refractivity contribution in [2.45, 2.75) is 6.92 Å². The maximum atomic E-state index is 12.5. The van der Waals surface area contributed by atoms with E-state index in [1.807, 2.05) is 24.3 Å². The van der Waals surface area contributed by atoms with Crippen molar-refractivity contribution in [3.63, 3.8) is 0 Å². The first kappa shape index (κ1) is 21.8. The third-order valence-electron chi connectivity index (χ3n) is 5.22. The summed E-state index contributed by atoms with van der Waals surface area (Å²) in [5, 5.41) is 13.2. The second kappa shape index (κ2) is 9.41. The highest BCUT2D eigenvalue weighted by atomic mass is 32.1. The lowest BCUT2D eigenvalue weighted by molar-refractivity contribution is -0.117. The molecule has 1 aliphatic rings. The van der Waals surface area contributed by atoms with Gasteiger partial charge in [0.2, 0.25) is 5.91 Å². The fourth-order valence-corrected chi connectivity index (χ4v) is 4.54. The van der Waals surface area contributed by atoms with Crippen LogP contribution in [-0.2, 0) is 4.79 Å². The van der Waals surface area contributed by atoms with Gasteiger partial charge in [-0.05, 0) is 19.1 Å². The molecule has 0 atom stereocenters. The third kappa shape index (κ3) is 4.76. The second-order valence-electron chi connectivity index (χ2n) is 7.42. The Bertz CT molecular complexity index is 1170. The summed E-state index contributed by atoms with van der Waals surface area (Å²) in [5.74, 6) is 0.803. The summed E-state index contributed by atoms with van der Waals surface area (Å²) in [6.07, 6.45) is 1.44. The first-order valence-electron chi connectivity index (χ1n) is 10.1. The topological polar surface area (TPSA) is 108 Å². The molecule has 4 rings (SSSR count). The molecule has 3 heterocycles. The lowest BCUT2D eigenvalue weighted by atomic mass is 10.2. The number of hydrogen-bond donors (Lipinski definition) is 2. The average Bonchev–Trinajstić information content (AvgIpc) is 3.21. The minimum absolute atomic E-state index is 0.0426. The van der Waals surface area contributed by atoms with Crippen molar-refractivity contribution in [3.8, 4) is 21.9 Å². The molecule has 168 valence electrons. The maximum Gasteiger partial charge on any atom is 0.348 e. The predicted octanol–water partition coefficient (Wildman–Crippen LogP) is 2.55. The SMILES string of the molecule is COc1ccccc1N1CCN(CC(=O)Nc2ncc(-c3c(O)cc(C)oc3=O)s2)CC1. The number of nitrogens with one attached hydrogen (secondary N) is 1. The highest BCUT2D eigenvalue weighted by Crippen LogP contribution is 2.33. The molecule has 0 spiro atoms. The van der Waals surface area contributed by atoms with E-state index in [-0.39, 0.29) is 23.8 Å². The van der Waals surface area contributed by atoms with E-state index in [4.69, 9.17) is 9.15 Å². The van der Waals surface area contributed by atoms with Gasteiger partial charge in [-0.2, -0.15) is 0 Å². The molecule has 1 amide bonds. The van der Waals surface area contributed by atoms with Crippen LogP contribution in [0.3, 0.4) is 0 Å². The third-order valence-corrected chi connectivity index (χ3v) is 6.15. The van der Waals surface area contributed by atoms with Gasteiger partial charge in [0.15, 0.2) is 5.13 Å². The van der Waals surface area contributed by atoms with Gasteiger partial charge in [-0.25, -0.2) is 9.78 Å². The van der Waals surface area contributed by atoms with Gasteiger partial charge in [0.05, 0.1) is 24.2 Å². The summed E-state index contributed by atoms with van der Waals surface area (Å²) in [5.41, 5.74) is 0.455. The number of carbonyl (C=O) groups is 1. The molecule has 0 unspecified atom stereocenters. The van der Waals surface area contributed by atoms with Gasteiger partial charge < -0.3 is 24.5 Å². The average molecular weight is 457 g/mol. The van der Waals surface area contributed by atoms with Gasteiger partial charge in [0, 0.05) is 38.4 Å². The number of aryl methyl sites for hydroxylation is 1. The number of benzene rings is 1. The van der Waals surface area contributed by atoms with Crippen molar-refractivity contribution >= 4 is 28.1 Å². The fourth-order valence-electron chi connectivity index (χ4n) is 3.67. The summed E-state index contributed by atoms with van der Waals surface area (Å²) in [7, 11) is 1.66. The zero-order chi connectivity index (χ0) is 22.7. The van der Waals surface area contributed by atoms with E-state index in [0.717, 1.165) is 49.0 Å². The van der Waals surface area contributed by atoms with Gasteiger partial charge >= 0.3 is 5.63 Å². The van der Waals surface area contributed by atoms with Crippen LogP contribution in [0.15, 0.2) is 45.7 Å². The van der Waals surface area contributed by atoms with E-state index >= 15 is 0 Å². The maximum absolute atomic E-state index is 12.5. The Balaban J connectivity index is 1.33. The van der Waals surface area contributed by atoms with E-state index in [9.17, 15) is 14.7 Å². The number of carbonyl (C=O) groups excluding carboxylic acids is 1. The van der Waals surface area contributed by atoms with Crippen molar-refractivity contribution in [1.82, 2.24) is 9.88 Å². The Hall–Kier alpha value is -3.37. The van der Waals surface area contributed by atoms with Gasteiger partial charge in [-0.3, -0.25) is 9.69 Å². The van der Waals surface area contributed by atoms with Crippen LogP contribution in [0.5, 0.6) is 11.5 Å². The summed E-state index contributed by atoms with van der Waals surface area (Å²) in [6.45, 7) is 4.89. The Morgan fingerprint density at radius 3 is 2.75 bits per heavy atom. The van der Waals surface area contributed by atoms with Crippen molar-refractivity contribution < 1.29 is 19.1 Å². The number of thiazole rings is 1. The van der Waals surface area contributed by atoms with Crippen LogP contribution in [0.4, 0.5) is 10.8 Å². The summed E-state index contributed by atoms with van der Waals surface area (Å²) < 4.78 is 10.5. The van der Waals surface area contributed by atoms with Gasteiger partial charge in [0.25, 0.3) is 0 Å². The summed E-state index contributed by atoms with van der Waals surface area (Å²) >= 11 is 1.11. The monoisotopic (exact) mass is 456 g/mol. The zero-order valence-electron chi connectivity index (χ0n) is 17.8. The Morgan fingerprint density at radius 2 is 2.03 bits per heavy atom. The summed E-state index contributed by atoms with van der Waals surface area (Å²) in [6, 6.07) is 9.28. The molecule has 1 aromatic carbocycles. The highest BCUT2D eigenvalue weighted by molar-refractivity contribution is 7.19. The molecule has 1 fully saturated rings. The lowest BCUT2D eigenvalue weighted by Crippen LogP contribution is -2.48. The minimum Gasteiger partial charge on any atom is -0.507 e. The Labute approximate surface area is 188 Å². The molecule has 1 aliphatic heterocycles. The number of ether oxygens (including phenoxy) is 1. The number of methoxy groups -OCH3 is 1. The first-order chi connectivity index (χ1) is 15.4. The van der Waals surface area contributed by atoms with E-state index < -0.39 is 5.63 Å². The van der Waals surface area contributed by atoms with E-state index in [1.165, 1.54) is 12.3 Å². The fraction of sp³-hybridized carbons (Fsp3) is 0.318. The minimum atomic E-state index is -0.642. The molecule has 10 heteroatoms. The van der Waals surface area contributed by atoms with Crippen molar-refractivity contribution in [2.75, 3.05) is 50.1 Å². The molecule has 1 saturated heterocycles. The van der Waals surface area contributed by atoms with Crippen LogP contribution in [0.2, 0.25) is 0 Å². The van der Waals surface area contributed by atoms with Crippen LogP contribution in [-0.4, -0.2) is 60.7 Å². The van der Waals surface area contributed by atoms with Crippen molar-refractivity contribution in [3.05, 3.63) is 52.7 Å². The molecule has 0 bridgehead atoms. The lowest BCUT2D eigenvalue weighted by Gasteiger charge is -2.36. The van der Waals surface area contributed by atoms with E-state index in [2.05, 4.69) is 20.1 Å². The molecule has 9 nitrogen and oxygen atoms in total. The Kier molecular flexibility index (Phi) is 6.42. The quantitative estimate of drug-likeness (QED) is 0.583. The molecule has 2 N–H and O–H groups in total. The molecule has 0 radical (unpaired) electrons. The van der Waals surface area contributed by atoms with Crippen LogP contribution in [0, 0.1) is 6.92 Å². The van der Waals surface area contributed by atoms with Gasteiger partial charge in [-0.1, -0.05) is 23.5 Å². The molecule has 0 saturated carbocycles. The van der Waals surface area contributed by atoms with Crippen molar-refractivity contribution in [1.29, 1.82) is 0 Å². The standard InChI is InChI=1S/C22H24N4O5S/c1-14-11-16(27)20(21(29)31-14)18-12-23-22(32-18)24-19(28)13-25-7-9-26(10-8-25)15-5-3-4-6-17(15)30-2/h3-6,11-12,27H,7-10,13H2,1-2H3,(H,23,24,28). The van der Waals surface area contributed by atoms with Crippen LogP contribution in [0.1, 0.15) is 5.76 Å². The Morgan fingerprint density at radius 1 is 1.28 bits per heavy atom. The highest BCUT2D eigenvalue weighted by Gasteiger charge is 2.22. The molecule has 3 aromatic rings.